The minimum absolute atomic E-state index is 0.0161. The molecule has 11 heteroatoms. The van der Waals surface area contributed by atoms with Crippen LogP contribution in [0.4, 0.5) is 9.39 Å². The molecule has 36 heavy (non-hydrogen) atoms. The van der Waals surface area contributed by atoms with Crippen molar-refractivity contribution in [1.29, 1.82) is 0 Å². The number of carbonyl (C=O) groups excluding carboxylic acids is 3. The van der Waals surface area contributed by atoms with Gasteiger partial charge in [0, 0.05) is 4.88 Å². The molecule has 7 nitrogen and oxygen atoms in total. The number of aromatic nitrogens is 1. The number of anilines is 1. The summed E-state index contributed by atoms with van der Waals surface area (Å²) in [6.07, 6.45) is 9.19. The number of halogens is 1. The maximum Gasteiger partial charge on any atom is 0.341 e. The molecule has 188 valence electrons. The third kappa shape index (κ3) is 5.88. The first-order valence-electron chi connectivity index (χ1n) is 11.4. The lowest BCUT2D eigenvalue weighted by Crippen LogP contribution is -2.19. The van der Waals surface area contributed by atoms with Gasteiger partial charge < -0.3 is 14.6 Å². The van der Waals surface area contributed by atoms with Crippen molar-refractivity contribution in [1.82, 2.24) is 4.57 Å². The fourth-order valence-corrected chi connectivity index (χ4v) is 6.95. The Bertz CT molecular complexity index is 1430. The molecule has 0 atom stereocenters. The van der Waals surface area contributed by atoms with Crippen molar-refractivity contribution in [3.8, 4) is 12.3 Å². The molecule has 0 fully saturated rings. The van der Waals surface area contributed by atoms with E-state index in [2.05, 4.69) is 16.2 Å². The SMILES string of the molecule is C#CCn1c(=NC(=O)CSCC(=O)Nc2sc3c(c2C(=O)OCC)CCCC3)sc2cc(F)ccc21. The van der Waals surface area contributed by atoms with Crippen molar-refractivity contribution in [3.63, 3.8) is 0 Å². The van der Waals surface area contributed by atoms with Gasteiger partial charge in [-0.3, -0.25) is 9.59 Å². The average molecular weight is 546 g/mol. The van der Waals surface area contributed by atoms with E-state index in [-0.39, 0.29) is 36.4 Å². The standard InChI is InChI=1S/C25H24FN3O4S3/c1-3-11-29-17-10-9-15(26)12-19(17)36-25(29)28-21(31)14-34-13-20(30)27-23-22(24(32)33-4-2)16-7-5-6-8-18(16)35-23/h1,9-10,12H,4-8,11,13-14H2,2H3,(H,27,30). The molecule has 1 aliphatic carbocycles. The second-order valence-electron chi connectivity index (χ2n) is 7.97. The van der Waals surface area contributed by atoms with E-state index < -0.39 is 11.9 Å². The van der Waals surface area contributed by atoms with E-state index in [1.807, 2.05) is 0 Å². The van der Waals surface area contributed by atoms with Crippen molar-refractivity contribution >= 4 is 67.4 Å². The number of benzene rings is 1. The highest BCUT2D eigenvalue weighted by molar-refractivity contribution is 8.00. The molecule has 0 aliphatic heterocycles. The van der Waals surface area contributed by atoms with Crippen LogP contribution in [0.3, 0.4) is 0 Å². The van der Waals surface area contributed by atoms with Crippen LogP contribution in [0.15, 0.2) is 23.2 Å². The number of terminal acetylenes is 1. The summed E-state index contributed by atoms with van der Waals surface area (Å²) >= 11 is 3.73. The van der Waals surface area contributed by atoms with Gasteiger partial charge in [0.1, 0.15) is 10.8 Å². The molecule has 1 aliphatic rings. The topological polar surface area (TPSA) is 89.8 Å². The number of fused-ring (bicyclic) bond motifs is 2. The third-order valence-electron chi connectivity index (χ3n) is 5.48. The van der Waals surface area contributed by atoms with Crippen molar-refractivity contribution in [2.75, 3.05) is 23.4 Å². The van der Waals surface area contributed by atoms with Gasteiger partial charge in [-0.15, -0.1) is 29.5 Å². The summed E-state index contributed by atoms with van der Waals surface area (Å²) in [4.78, 5) is 43.3. The van der Waals surface area contributed by atoms with E-state index in [1.165, 1.54) is 34.8 Å². The Morgan fingerprint density at radius 1 is 1.25 bits per heavy atom. The van der Waals surface area contributed by atoms with Crippen molar-refractivity contribution < 1.29 is 23.5 Å². The smallest absolute Gasteiger partial charge is 0.341 e. The Morgan fingerprint density at radius 3 is 2.83 bits per heavy atom. The van der Waals surface area contributed by atoms with E-state index in [4.69, 9.17) is 11.2 Å². The lowest BCUT2D eigenvalue weighted by molar-refractivity contribution is -0.115. The van der Waals surface area contributed by atoms with Crippen LogP contribution in [0.5, 0.6) is 0 Å². The second kappa shape index (κ2) is 11.9. The Labute approximate surface area is 219 Å². The summed E-state index contributed by atoms with van der Waals surface area (Å²) in [6.45, 7) is 2.20. The number of nitrogens with zero attached hydrogens (tertiary/aromatic N) is 2. The maximum atomic E-state index is 13.6. The van der Waals surface area contributed by atoms with E-state index >= 15 is 0 Å². The largest absolute Gasteiger partial charge is 0.462 e. The number of amides is 2. The molecule has 0 saturated carbocycles. The van der Waals surface area contributed by atoms with Crippen LogP contribution >= 0.6 is 34.4 Å². The van der Waals surface area contributed by atoms with Gasteiger partial charge in [0.2, 0.25) is 5.91 Å². The Morgan fingerprint density at radius 2 is 2.06 bits per heavy atom. The Kier molecular flexibility index (Phi) is 8.61. The zero-order chi connectivity index (χ0) is 25.7. The molecule has 2 heterocycles. The number of thiophene rings is 1. The van der Waals surface area contributed by atoms with Gasteiger partial charge in [0.05, 0.1) is 40.4 Å². The number of thioether (sulfide) groups is 1. The molecular formula is C25H24FN3O4S3. The number of carbonyl (C=O) groups is 3. The zero-order valence-electron chi connectivity index (χ0n) is 19.6. The molecular weight excluding hydrogens is 521 g/mol. The second-order valence-corrected chi connectivity index (χ2v) is 11.1. The highest BCUT2D eigenvalue weighted by atomic mass is 32.2. The molecule has 2 amide bonds. The molecule has 1 N–H and O–H groups in total. The van der Waals surface area contributed by atoms with Gasteiger partial charge in [-0.25, -0.2) is 9.18 Å². The van der Waals surface area contributed by atoms with Crippen molar-refractivity contribution in [3.05, 3.63) is 44.8 Å². The Hall–Kier alpha value is -2.94. The molecule has 0 unspecified atom stereocenters. The average Bonchev–Trinajstić information content (AvgIpc) is 3.36. The fraction of sp³-hybridized carbons (Fsp3) is 0.360. The molecule has 1 aromatic carbocycles. The Balaban J connectivity index is 1.41. The number of thiazole rings is 1. The van der Waals surface area contributed by atoms with Crippen LogP contribution in [0.25, 0.3) is 10.2 Å². The minimum Gasteiger partial charge on any atom is -0.462 e. The first-order chi connectivity index (χ1) is 17.4. The van der Waals surface area contributed by atoms with Gasteiger partial charge >= 0.3 is 5.97 Å². The lowest BCUT2D eigenvalue weighted by Gasteiger charge is -2.12. The number of ether oxygens (including phenoxy) is 1. The zero-order valence-corrected chi connectivity index (χ0v) is 22.0. The summed E-state index contributed by atoms with van der Waals surface area (Å²) < 4.78 is 21.1. The van der Waals surface area contributed by atoms with E-state index in [1.54, 1.807) is 17.6 Å². The quantitative estimate of drug-likeness (QED) is 0.335. The molecule has 3 aromatic rings. The highest BCUT2D eigenvalue weighted by Crippen LogP contribution is 2.38. The van der Waals surface area contributed by atoms with Crippen LogP contribution < -0.4 is 10.1 Å². The lowest BCUT2D eigenvalue weighted by atomic mass is 9.95. The maximum absolute atomic E-state index is 13.6. The molecule has 0 spiro atoms. The number of hydrogen-bond acceptors (Lipinski definition) is 7. The number of aryl methyl sites for hydroxylation is 1. The van der Waals surface area contributed by atoms with Crippen LogP contribution in [-0.2, 0) is 33.7 Å². The molecule has 0 radical (unpaired) electrons. The monoisotopic (exact) mass is 545 g/mol. The van der Waals surface area contributed by atoms with Crippen molar-refractivity contribution in [2.24, 2.45) is 4.99 Å². The fourth-order valence-electron chi connectivity index (χ4n) is 3.98. The number of esters is 1. The van der Waals surface area contributed by atoms with E-state index in [0.717, 1.165) is 47.9 Å². The summed E-state index contributed by atoms with van der Waals surface area (Å²) in [6, 6.07) is 4.32. The van der Waals surface area contributed by atoms with E-state index in [0.29, 0.717) is 25.6 Å². The minimum atomic E-state index is -0.426. The predicted molar refractivity (Wildman–Crippen MR) is 142 cm³/mol. The molecule has 0 saturated heterocycles. The summed E-state index contributed by atoms with van der Waals surface area (Å²) in [5.41, 5.74) is 2.14. The van der Waals surface area contributed by atoms with Crippen LogP contribution in [0.1, 0.15) is 40.6 Å². The van der Waals surface area contributed by atoms with Gasteiger partial charge in [0.25, 0.3) is 5.91 Å². The summed E-state index contributed by atoms with van der Waals surface area (Å²) in [7, 11) is 0. The van der Waals surface area contributed by atoms with Gasteiger partial charge in [-0.2, -0.15) is 4.99 Å². The number of hydrogen-bond donors (Lipinski definition) is 1. The predicted octanol–water partition coefficient (Wildman–Crippen LogP) is 4.39. The third-order valence-corrected chi connectivity index (χ3v) is 8.64. The highest BCUT2D eigenvalue weighted by Gasteiger charge is 2.27. The van der Waals surface area contributed by atoms with E-state index in [9.17, 15) is 18.8 Å². The summed E-state index contributed by atoms with van der Waals surface area (Å²) in [5.74, 6) is 0.995. The van der Waals surface area contributed by atoms with Gasteiger partial charge in [-0.05, 0) is 56.4 Å². The number of nitrogens with one attached hydrogen (secondary N) is 1. The molecule has 0 bridgehead atoms. The summed E-state index contributed by atoms with van der Waals surface area (Å²) in [5, 5.41) is 3.34. The van der Waals surface area contributed by atoms with Crippen LogP contribution in [0, 0.1) is 18.2 Å². The van der Waals surface area contributed by atoms with Gasteiger partial charge in [-0.1, -0.05) is 17.3 Å². The van der Waals surface area contributed by atoms with Gasteiger partial charge in [0.15, 0.2) is 4.80 Å². The van der Waals surface area contributed by atoms with Crippen molar-refractivity contribution in [2.45, 2.75) is 39.2 Å². The molecule has 2 aromatic heterocycles. The van der Waals surface area contributed by atoms with Crippen LogP contribution in [-0.4, -0.2) is 40.5 Å². The first-order valence-corrected chi connectivity index (χ1v) is 14.2. The number of rotatable bonds is 8. The van der Waals surface area contributed by atoms with Crippen LogP contribution in [0.2, 0.25) is 0 Å². The molecule has 4 rings (SSSR count). The first kappa shape index (κ1) is 26.1. The normalized spacial score (nSPS) is 13.3.